The van der Waals surface area contributed by atoms with Gasteiger partial charge in [-0.25, -0.2) is 0 Å². The van der Waals surface area contributed by atoms with Crippen LogP contribution in [0.2, 0.25) is 0 Å². The van der Waals surface area contributed by atoms with Crippen LogP contribution in [0.4, 0.5) is 0 Å². The Labute approximate surface area is 107 Å². The number of nitrogens with two attached hydrogens (primary N) is 1. The van der Waals surface area contributed by atoms with E-state index in [1.54, 1.807) is 0 Å². The minimum Gasteiger partial charge on any atom is -0.396 e. The Morgan fingerprint density at radius 2 is 2.06 bits per heavy atom. The second kappa shape index (κ2) is 7.38. The van der Waals surface area contributed by atoms with Gasteiger partial charge in [0.05, 0.1) is 0 Å². The van der Waals surface area contributed by atoms with Crippen molar-refractivity contribution in [1.82, 2.24) is 0 Å². The lowest BCUT2D eigenvalue weighted by molar-refractivity contribution is 0.122. The molecule has 1 rings (SSSR count). The molecule has 0 aromatic heterocycles. The van der Waals surface area contributed by atoms with Gasteiger partial charge in [0.2, 0.25) is 0 Å². The molecule has 102 valence electrons. The van der Waals surface area contributed by atoms with E-state index in [4.69, 9.17) is 5.73 Å². The summed E-state index contributed by atoms with van der Waals surface area (Å²) >= 11 is 0. The Kier molecular flexibility index (Phi) is 6.50. The van der Waals surface area contributed by atoms with Crippen molar-refractivity contribution >= 4 is 0 Å². The molecule has 2 nitrogen and oxygen atoms in total. The summed E-state index contributed by atoms with van der Waals surface area (Å²) in [6.07, 6.45) is 11.1. The van der Waals surface area contributed by atoms with Crippen LogP contribution < -0.4 is 5.73 Å². The van der Waals surface area contributed by atoms with Crippen LogP contribution >= 0.6 is 0 Å². The fourth-order valence-corrected chi connectivity index (χ4v) is 3.66. The fourth-order valence-electron chi connectivity index (χ4n) is 3.66. The molecule has 0 aromatic carbocycles. The van der Waals surface area contributed by atoms with E-state index in [1.165, 1.54) is 44.9 Å². The predicted octanol–water partition coefficient (Wildman–Crippen LogP) is 3.47. The molecule has 2 heteroatoms. The summed E-state index contributed by atoms with van der Waals surface area (Å²) in [4.78, 5) is 0. The summed E-state index contributed by atoms with van der Waals surface area (Å²) in [5, 5.41) is 9.33. The quantitative estimate of drug-likeness (QED) is 0.699. The highest BCUT2D eigenvalue weighted by Crippen LogP contribution is 2.43. The summed E-state index contributed by atoms with van der Waals surface area (Å²) in [5.74, 6) is 0.907. The standard InChI is InChI=1S/C15H31NO/c1-3-6-13-7-5-9-15(10-8-13,11-12-17)14(16)4-2/h13-14,17H,3-12,16H2,1-2H3. The summed E-state index contributed by atoms with van der Waals surface area (Å²) < 4.78 is 0. The highest BCUT2D eigenvalue weighted by atomic mass is 16.3. The van der Waals surface area contributed by atoms with E-state index in [0.29, 0.717) is 6.61 Å². The lowest BCUT2D eigenvalue weighted by Crippen LogP contribution is -2.41. The van der Waals surface area contributed by atoms with Crippen LogP contribution in [-0.2, 0) is 0 Å². The van der Waals surface area contributed by atoms with Gasteiger partial charge < -0.3 is 10.8 Å². The van der Waals surface area contributed by atoms with E-state index in [2.05, 4.69) is 13.8 Å². The number of hydrogen-bond acceptors (Lipinski definition) is 2. The van der Waals surface area contributed by atoms with Crippen LogP contribution in [0.5, 0.6) is 0 Å². The first-order valence-electron chi connectivity index (χ1n) is 7.55. The van der Waals surface area contributed by atoms with Crippen molar-refractivity contribution in [2.24, 2.45) is 17.1 Å². The molecule has 0 amide bonds. The van der Waals surface area contributed by atoms with E-state index >= 15 is 0 Å². The van der Waals surface area contributed by atoms with Crippen molar-refractivity contribution < 1.29 is 5.11 Å². The molecule has 1 aliphatic carbocycles. The van der Waals surface area contributed by atoms with E-state index in [0.717, 1.165) is 18.8 Å². The van der Waals surface area contributed by atoms with Crippen molar-refractivity contribution in [3.8, 4) is 0 Å². The van der Waals surface area contributed by atoms with E-state index < -0.39 is 0 Å². The number of aliphatic hydroxyl groups excluding tert-OH is 1. The van der Waals surface area contributed by atoms with E-state index in [-0.39, 0.29) is 11.5 Å². The first-order chi connectivity index (χ1) is 8.18. The number of hydrogen-bond donors (Lipinski definition) is 2. The molecule has 0 aromatic rings. The Balaban J connectivity index is 2.65. The van der Waals surface area contributed by atoms with Gasteiger partial charge in [0.25, 0.3) is 0 Å². The van der Waals surface area contributed by atoms with Crippen molar-refractivity contribution in [2.45, 2.75) is 77.7 Å². The van der Waals surface area contributed by atoms with Crippen LogP contribution in [-0.4, -0.2) is 17.8 Å². The van der Waals surface area contributed by atoms with Gasteiger partial charge in [-0.15, -0.1) is 0 Å². The van der Waals surface area contributed by atoms with Gasteiger partial charge in [0, 0.05) is 12.6 Å². The third kappa shape index (κ3) is 3.96. The SMILES string of the molecule is CCCC1CCCC(CCO)(C(N)CC)CC1. The molecule has 3 N–H and O–H groups in total. The van der Waals surface area contributed by atoms with Gasteiger partial charge in [0.1, 0.15) is 0 Å². The fraction of sp³-hybridized carbons (Fsp3) is 1.00. The highest BCUT2D eigenvalue weighted by molar-refractivity contribution is 4.91. The molecule has 3 unspecified atom stereocenters. The molecular weight excluding hydrogens is 210 g/mol. The molecule has 0 bridgehead atoms. The number of aliphatic hydroxyl groups is 1. The van der Waals surface area contributed by atoms with Gasteiger partial charge in [-0.1, -0.05) is 39.5 Å². The molecule has 1 saturated carbocycles. The summed E-state index contributed by atoms with van der Waals surface area (Å²) in [6.45, 7) is 4.76. The van der Waals surface area contributed by atoms with Gasteiger partial charge >= 0.3 is 0 Å². The molecule has 17 heavy (non-hydrogen) atoms. The van der Waals surface area contributed by atoms with E-state index in [9.17, 15) is 5.11 Å². The lowest BCUT2D eigenvalue weighted by Gasteiger charge is -2.38. The molecule has 0 spiro atoms. The number of rotatable bonds is 6. The minimum atomic E-state index is 0.228. The normalized spacial score (nSPS) is 32.1. The Hall–Kier alpha value is -0.0800. The average molecular weight is 241 g/mol. The van der Waals surface area contributed by atoms with Crippen LogP contribution in [0.25, 0.3) is 0 Å². The van der Waals surface area contributed by atoms with Crippen molar-refractivity contribution in [3.05, 3.63) is 0 Å². The van der Waals surface area contributed by atoms with Crippen LogP contribution in [0, 0.1) is 11.3 Å². The van der Waals surface area contributed by atoms with Crippen molar-refractivity contribution in [3.63, 3.8) is 0 Å². The molecular formula is C15H31NO. The summed E-state index contributed by atoms with van der Waals surface area (Å²) in [7, 11) is 0. The first kappa shape index (κ1) is 15.0. The van der Waals surface area contributed by atoms with Crippen LogP contribution in [0.3, 0.4) is 0 Å². The molecule has 0 radical (unpaired) electrons. The van der Waals surface area contributed by atoms with Crippen molar-refractivity contribution in [1.29, 1.82) is 0 Å². The highest BCUT2D eigenvalue weighted by Gasteiger charge is 2.36. The predicted molar refractivity (Wildman–Crippen MR) is 73.9 cm³/mol. The molecule has 1 fully saturated rings. The second-order valence-electron chi connectivity index (χ2n) is 5.94. The zero-order chi connectivity index (χ0) is 12.7. The Morgan fingerprint density at radius 3 is 2.65 bits per heavy atom. The third-order valence-corrected chi connectivity index (χ3v) is 4.87. The third-order valence-electron chi connectivity index (χ3n) is 4.87. The van der Waals surface area contributed by atoms with Gasteiger partial charge in [0.15, 0.2) is 0 Å². The van der Waals surface area contributed by atoms with Gasteiger partial charge in [-0.2, -0.15) is 0 Å². The smallest absolute Gasteiger partial charge is 0.0436 e. The average Bonchev–Trinajstić information content (AvgIpc) is 2.53. The Bertz CT molecular complexity index is 207. The van der Waals surface area contributed by atoms with Crippen molar-refractivity contribution in [2.75, 3.05) is 6.61 Å². The topological polar surface area (TPSA) is 46.2 Å². The molecule has 1 aliphatic rings. The second-order valence-corrected chi connectivity index (χ2v) is 5.94. The maximum absolute atomic E-state index is 9.33. The molecule has 0 heterocycles. The maximum Gasteiger partial charge on any atom is 0.0436 e. The zero-order valence-corrected chi connectivity index (χ0v) is 11.8. The van der Waals surface area contributed by atoms with Crippen LogP contribution in [0.15, 0.2) is 0 Å². The van der Waals surface area contributed by atoms with Gasteiger partial charge in [-0.05, 0) is 43.4 Å². The zero-order valence-electron chi connectivity index (χ0n) is 11.8. The summed E-state index contributed by atoms with van der Waals surface area (Å²) in [5.41, 5.74) is 6.57. The molecule has 0 aliphatic heterocycles. The van der Waals surface area contributed by atoms with E-state index in [1.807, 2.05) is 0 Å². The lowest BCUT2D eigenvalue weighted by atomic mass is 9.71. The summed E-state index contributed by atoms with van der Waals surface area (Å²) in [6, 6.07) is 0.273. The first-order valence-corrected chi connectivity index (χ1v) is 7.55. The minimum absolute atomic E-state index is 0.228. The Morgan fingerprint density at radius 1 is 1.29 bits per heavy atom. The molecule has 3 atom stereocenters. The van der Waals surface area contributed by atoms with Gasteiger partial charge in [-0.3, -0.25) is 0 Å². The molecule has 0 saturated heterocycles. The van der Waals surface area contributed by atoms with Crippen LogP contribution in [0.1, 0.15) is 71.6 Å². The largest absolute Gasteiger partial charge is 0.396 e. The monoisotopic (exact) mass is 241 g/mol. The maximum atomic E-state index is 9.33.